The van der Waals surface area contributed by atoms with E-state index in [0.29, 0.717) is 5.56 Å². The van der Waals surface area contributed by atoms with Crippen molar-refractivity contribution in [2.24, 2.45) is 0 Å². The lowest BCUT2D eigenvalue weighted by molar-refractivity contribution is 0.0963. The monoisotopic (exact) mass is 175 g/mol. The molecule has 0 saturated carbocycles. The fourth-order valence-corrected chi connectivity index (χ4v) is 1.20. The molecule has 0 spiro atoms. The average molecular weight is 175 g/mol. The first-order valence-electron chi connectivity index (χ1n) is 3.95. The first-order chi connectivity index (χ1) is 6.31. The summed E-state index contributed by atoms with van der Waals surface area (Å²) >= 11 is 0. The van der Waals surface area contributed by atoms with Gasteiger partial charge in [-0.2, -0.15) is 0 Å². The van der Waals surface area contributed by atoms with E-state index in [9.17, 15) is 4.79 Å². The molecule has 0 fully saturated rings. The van der Waals surface area contributed by atoms with Gasteiger partial charge >= 0.3 is 0 Å². The van der Waals surface area contributed by atoms with Crippen molar-refractivity contribution >= 4 is 11.4 Å². The third-order valence-electron chi connectivity index (χ3n) is 1.90. The van der Waals surface area contributed by atoms with E-state index in [4.69, 9.17) is 0 Å². The van der Waals surface area contributed by atoms with Gasteiger partial charge in [0, 0.05) is 18.8 Å². The van der Waals surface area contributed by atoms with Crippen LogP contribution in [0.25, 0.3) is 5.52 Å². The molecule has 0 aliphatic heterocycles. The Balaban J connectivity index is 2.54. The third kappa shape index (κ3) is 1.26. The first kappa shape index (κ1) is 7.79. The number of aromatic nitrogens is 2. The molecule has 1 N–H and O–H groups in total. The van der Waals surface area contributed by atoms with Crippen LogP contribution in [-0.4, -0.2) is 22.3 Å². The minimum absolute atomic E-state index is 0.0799. The Morgan fingerprint density at radius 3 is 3.23 bits per heavy atom. The smallest absolute Gasteiger partial charge is 0.251 e. The number of carbonyl (C=O) groups excluding carboxylic acids is 1. The second-order valence-electron chi connectivity index (χ2n) is 2.72. The largest absolute Gasteiger partial charge is 0.355 e. The van der Waals surface area contributed by atoms with Crippen molar-refractivity contribution in [3.05, 3.63) is 36.4 Å². The van der Waals surface area contributed by atoms with Gasteiger partial charge in [-0.25, -0.2) is 4.98 Å². The summed E-state index contributed by atoms with van der Waals surface area (Å²) in [5.41, 5.74) is 1.57. The lowest BCUT2D eigenvalue weighted by Gasteiger charge is -1.99. The molecule has 4 nitrogen and oxygen atoms in total. The van der Waals surface area contributed by atoms with Crippen LogP contribution in [0.2, 0.25) is 0 Å². The van der Waals surface area contributed by atoms with E-state index in [1.807, 2.05) is 10.6 Å². The number of carbonyl (C=O) groups is 1. The molecule has 0 aromatic carbocycles. The normalized spacial score (nSPS) is 10.2. The zero-order valence-corrected chi connectivity index (χ0v) is 7.19. The maximum Gasteiger partial charge on any atom is 0.251 e. The van der Waals surface area contributed by atoms with Crippen LogP contribution in [0.3, 0.4) is 0 Å². The van der Waals surface area contributed by atoms with E-state index in [2.05, 4.69) is 10.3 Å². The van der Waals surface area contributed by atoms with E-state index in [1.165, 1.54) is 0 Å². The first-order valence-corrected chi connectivity index (χ1v) is 3.95. The predicted molar refractivity (Wildman–Crippen MR) is 48.6 cm³/mol. The molecular formula is C9H9N3O. The van der Waals surface area contributed by atoms with E-state index in [-0.39, 0.29) is 5.91 Å². The van der Waals surface area contributed by atoms with Gasteiger partial charge in [0.05, 0.1) is 18.0 Å². The van der Waals surface area contributed by atoms with Gasteiger partial charge < -0.3 is 9.72 Å². The molecule has 2 aromatic rings. The number of fused-ring (bicyclic) bond motifs is 1. The molecule has 2 aromatic heterocycles. The van der Waals surface area contributed by atoms with Crippen molar-refractivity contribution < 1.29 is 4.79 Å². The van der Waals surface area contributed by atoms with Gasteiger partial charge in [0.15, 0.2) is 0 Å². The second-order valence-corrected chi connectivity index (χ2v) is 2.72. The number of nitrogens with zero attached hydrogens (tertiary/aromatic N) is 2. The molecule has 2 heterocycles. The number of hydrogen-bond acceptors (Lipinski definition) is 2. The van der Waals surface area contributed by atoms with Gasteiger partial charge in [0.1, 0.15) is 0 Å². The molecule has 0 unspecified atom stereocenters. The van der Waals surface area contributed by atoms with Crippen molar-refractivity contribution in [1.82, 2.24) is 14.7 Å². The number of amides is 1. The Bertz CT molecular complexity index is 447. The lowest BCUT2D eigenvalue weighted by atomic mass is 10.2. The van der Waals surface area contributed by atoms with E-state index in [1.54, 1.807) is 31.7 Å². The molecule has 13 heavy (non-hydrogen) atoms. The molecule has 0 atom stereocenters. The molecule has 0 aliphatic carbocycles. The Morgan fingerprint density at radius 1 is 1.62 bits per heavy atom. The SMILES string of the molecule is CNC(=O)c1ccn2cncc2c1. The zero-order chi connectivity index (χ0) is 9.26. The minimum Gasteiger partial charge on any atom is -0.355 e. The Hall–Kier alpha value is -1.84. The van der Waals surface area contributed by atoms with Crippen LogP contribution >= 0.6 is 0 Å². The van der Waals surface area contributed by atoms with E-state index >= 15 is 0 Å². The highest BCUT2D eigenvalue weighted by Gasteiger charge is 2.02. The summed E-state index contributed by atoms with van der Waals surface area (Å²) in [4.78, 5) is 15.2. The Labute approximate surface area is 75.2 Å². The molecule has 1 amide bonds. The van der Waals surface area contributed by atoms with Crippen LogP contribution < -0.4 is 5.32 Å². The molecule has 0 bridgehead atoms. The average Bonchev–Trinajstić information content (AvgIpc) is 2.63. The van der Waals surface area contributed by atoms with Crippen LogP contribution in [-0.2, 0) is 0 Å². The standard InChI is InChI=1S/C9H9N3O/c1-10-9(13)7-2-3-12-6-11-5-8(12)4-7/h2-6H,1H3,(H,10,13). The van der Waals surface area contributed by atoms with Gasteiger partial charge in [0.2, 0.25) is 0 Å². The predicted octanol–water partition coefficient (Wildman–Crippen LogP) is 0.694. The summed E-state index contributed by atoms with van der Waals surface area (Å²) in [6.07, 6.45) is 5.22. The van der Waals surface area contributed by atoms with Crippen LogP contribution in [0.5, 0.6) is 0 Å². The highest BCUT2D eigenvalue weighted by atomic mass is 16.1. The summed E-state index contributed by atoms with van der Waals surface area (Å²) in [6, 6.07) is 3.55. The van der Waals surface area contributed by atoms with Crippen molar-refractivity contribution in [3.8, 4) is 0 Å². The van der Waals surface area contributed by atoms with Crippen molar-refractivity contribution in [3.63, 3.8) is 0 Å². The lowest BCUT2D eigenvalue weighted by Crippen LogP contribution is -2.17. The third-order valence-corrected chi connectivity index (χ3v) is 1.90. The van der Waals surface area contributed by atoms with Gasteiger partial charge in [-0.15, -0.1) is 0 Å². The summed E-state index contributed by atoms with van der Waals surface area (Å²) in [7, 11) is 1.61. The molecule has 2 rings (SSSR count). The molecule has 66 valence electrons. The van der Waals surface area contributed by atoms with Gasteiger partial charge in [-0.1, -0.05) is 0 Å². The molecule has 4 heteroatoms. The fourth-order valence-electron chi connectivity index (χ4n) is 1.20. The topological polar surface area (TPSA) is 46.4 Å². The quantitative estimate of drug-likeness (QED) is 0.693. The highest BCUT2D eigenvalue weighted by molar-refractivity contribution is 5.94. The summed E-state index contributed by atoms with van der Waals surface area (Å²) in [5, 5.41) is 2.57. The zero-order valence-electron chi connectivity index (χ0n) is 7.19. The number of hydrogen-bond donors (Lipinski definition) is 1. The molecule has 0 saturated heterocycles. The summed E-state index contributed by atoms with van der Waals surface area (Å²) in [6.45, 7) is 0. The maximum atomic E-state index is 11.2. The fraction of sp³-hybridized carbons (Fsp3) is 0.111. The van der Waals surface area contributed by atoms with Crippen LogP contribution in [0.15, 0.2) is 30.9 Å². The minimum atomic E-state index is -0.0799. The van der Waals surface area contributed by atoms with E-state index in [0.717, 1.165) is 5.52 Å². The van der Waals surface area contributed by atoms with E-state index < -0.39 is 0 Å². The Morgan fingerprint density at radius 2 is 2.46 bits per heavy atom. The van der Waals surface area contributed by atoms with Crippen molar-refractivity contribution in [1.29, 1.82) is 0 Å². The molecule has 0 radical (unpaired) electrons. The molecular weight excluding hydrogens is 166 g/mol. The van der Waals surface area contributed by atoms with Crippen LogP contribution in [0.1, 0.15) is 10.4 Å². The Kier molecular flexibility index (Phi) is 1.73. The van der Waals surface area contributed by atoms with Gasteiger partial charge in [-0.05, 0) is 12.1 Å². The number of pyridine rings is 1. The number of rotatable bonds is 1. The van der Waals surface area contributed by atoms with Gasteiger partial charge in [0.25, 0.3) is 5.91 Å². The van der Waals surface area contributed by atoms with Crippen LogP contribution in [0.4, 0.5) is 0 Å². The molecule has 0 aliphatic rings. The number of nitrogens with one attached hydrogen (secondary N) is 1. The summed E-state index contributed by atoms with van der Waals surface area (Å²) < 4.78 is 1.85. The van der Waals surface area contributed by atoms with Crippen molar-refractivity contribution in [2.75, 3.05) is 7.05 Å². The highest BCUT2D eigenvalue weighted by Crippen LogP contribution is 2.05. The maximum absolute atomic E-state index is 11.2. The second kappa shape index (κ2) is 2.90. The van der Waals surface area contributed by atoms with Crippen LogP contribution in [0, 0.1) is 0 Å². The number of imidazole rings is 1. The van der Waals surface area contributed by atoms with Gasteiger partial charge in [-0.3, -0.25) is 4.79 Å². The van der Waals surface area contributed by atoms with Crippen molar-refractivity contribution in [2.45, 2.75) is 0 Å². The summed E-state index contributed by atoms with van der Waals surface area (Å²) in [5.74, 6) is -0.0799.